The van der Waals surface area contributed by atoms with Gasteiger partial charge in [-0.15, -0.1) is 5.10 Å². The molecule has 4 rings (SSSR count). The first-order valence-corrected chi connectivity index (χ1v) is 10.3. The van der Waals surface area contributed by atoms with Gasteiger partial charge < -0.3 is 4.74 Å². The molecule has 148 valence electrons. The average Bonchev–Trinajstić information content (AvgIpc) is 3.25. The summed E-state index contributed by atoms with van der Waals surface area (Å²) >= 11 is 1.60. The van der Waals surface area contributed by atoms with E-state index in [1.54, 1.807) is 21.1 Å². The zero-order chi connectivity index (χ0) is 19.7. The number of thioether (sulfide) groups is 1. The van der Waals surface area contributed by atoms with Crippen molar-refractivity contribution in [3.8, 4) is 11.4 Å². The third-order valence-corrected chi connectivity index (χ3v) is 6.55. The van der Waals surface area contributed by atoms with Gasteiger partial charge in [0.15, 0.2) is 5.69 Å². The molecule has 2 unspecified atom stereocenters. The molecule has 1 aliphatic heterocycles. The van der Waals surface area contributed by atoms with Crippen molar-refractivity contribution >= 4 is 11.8 Å². The Morgan fingerprint density at radius 2 is 2.07 bits per heavy atom. The van der Waals surface area contributed by atoms with E-state index in [0.29, 0.717) is 22.0 Å². The van der Waals surface area contributed by atoms with Gasteiger partial charge in [-0.05, 0) is 48.2 Å². The number of tetrazole rings is 1. The lowest BCUT2D eigenvalue weighted by atomic mass is 9.99. The summed E-state index contributed by atoms with van der Waals surface area (Å²) in [4.78, 5) is 13.2. The summed E-state index contributed by atoms with van der Waals surface area (Å²) in [5.74, 6) is 0.460. The van der Waals surface area contributed by atoms with E-state index < -0.39 is 0 Å². The fourth-order valence-corrected chi connectivity index (χ4v) is 4.64. The van der Waals surface area contributed by atoms with Crippen LogP contribution in [-0.4, -0.2) is 48.0 Å². The maximum Gasteiger partial charge on any atom is 0.297 e. The minimum Gasteiger partial charge on any atom is -0.381 e. The Balaban J connectivity index is 1.70. The fourth-order valence-electron chi connectivity index (χ4n) is 3.59. The highest BCUT2D eigenvalue weighted by Crippen LogP contribution is 2.31. The van der Waals surface area contributed by atoms with Crippen LogP contribution in [0.15, 0.2) is 40.3 Å². The van der Waals surface area contributed by atoms with Crippen molar-refractivity contribution in [2.45, 2.75) is 37.1 Å². The SMILES string of the molecule is Cc1c(-n2nnnc2SC(C)C2CCCOC2)c(=O)n(-c2ccccc2)n1C. The van der Waals surface area contributed by atoms with Crippen LogP contribution < -0.4 is 5.56 Å². The lowest BCUT2D eigenvalue weighted by Gasteiger charge is -2.26. The Labute approximate surface area is 167 Å². The molecule has 0 amide bonds. The molecule has 28 heavy (non-hydrogen) atoms. The predicted molar refractivity (Wildman–Crippen MR) is 107 cm³/mol. The molecular weight excluding hydrogens is 376 g/mol. The molecule has 0 N–H and O–H groups in total. The minimum atomic E-state index is -0.144. The zero-order valence-electron chi connectivity index (χ0n) is 16.3. The molecule has 8 nitrogen and oxygen atoms in total. The van der Waals surface area contributed by atoms with Crippen LogP contribution in [0.2, 0.25) is 0 Å². The topological polar surface area (TPSA) is 79.8 Å². The molecule has 1 fully saturated rings. The van der Waals surface area contributed by atoms with Crippen molar-refractivity contribution in [1.29, 1.82) is 0 Å². The van der Waals surface area contributed by atoms with Gasteiger partial charge in [-0.25, -0.2) is 4.68 Å². The normalized spacial score (nSPS) is 18.3. The molecule has 3 heterocycles. The number of nitrogens with zero attached hydrogens (tertiary/aromatic N) is 6. The Hall–Kier alpha value is -2.39. The van der Waals surface area contributed by atoms with Gasteiger partial charge in [0, 0.05) is 18.9 Å². The third kappa shape index (κ3) is 3.40. The third-order valence-electron chi connectivity index (χ3n) is 5.33. The Morgan fingerprint density at radius 1 is 1.29 bits per heavy atom. The monoisotopic (exact) mass is 400 g/mol. The first kappa shape index (κ1) is 18.9. The highest BCUT2D eigenvalue weighted by molar-refractivity contribution is 7.99. The Morgan fingerprint density at radius 3 is 2.79 bits per heavy atom. The maximum absolute atomic E-state index is 13.2. The summed E-state index contributed by atoms with van der Waals surface area (Å²) in [7, 11) is 1.87. The fraction of sp³-hybridized carbons (Fsp3) is 0.474. The summed E-state index contributed by atoms with van der Waals surface area (Å²) in [6.45, 7) is 5.68. The lowest BCUT2D eigenvalue weighted by Crippen LogP contribution is -2.25. The van der Waals surface area contributed by atoms with Gasteiger partial charge in [0.1, 0.15) is 0 Å². The smallest absolute Gasteiger partial charge is 0.297 e. The number of ether oxygens (including phenoxy) is 1. The van der Waals surface area contributed by atoms with Gasteiger partial charge in [-0.1, -0.05) is 36.9 Å². The van der Waals surface area contributed by atoms with Crippen LogP contribution in [0.5, 0.6) is 0 Å². The molecule has 1 saturated heterocycles. The van der Waals surface area contributed by atoms with E-state index >= 15 is 0 Å². The molecule has 0 aliphatic carbocycles. The number of aromatic nitrogens is 6. The predicted octanol–water partition coefficient (Wildman–Crippen LogP) is 2.37. The van der Waals surface area contributed by atoms with Crippen LogP contribution in [0, 0.1) is 12.8 Å². The van der Waals surface area contributed by atoms with Gasteiger partial charge in [0.25, 0.3) is 5.56 Å². The van der Waals surface area contributed by atoms with Gasteiger partial charge >= 0.3 is 0 Å². The van der Waals surface area contributed by atoms with E-state index in [1.165, 1.54) is 0 Å². The highest BCUT2D eigenvalue weighted by Gasteiger charge is 2.26. The Bertz CT molecular complexity index is 1000. The molecule has 0 saturated carbocycles. The van der Waals surface area contributed by atoms with Gasteiger partial charge in [0.05, 0.1) is 18.0 Å². The molecule has 1 aromatic carbocycles. The van der Waals surface area contributed by atoms with Crippen molar-refractivity contribution in [3.63, 3.8) is 0 Å². The molecule has 9 heteroatoms. The number of para-hydroxylation sites is 1. The van der Waals surface area contributed by atoms with E-state index in [9.17, 15) is 4.79 Å². The average molecular weight is 401 g/mol. The van der Waals surface area contributed by atoms with Crippen molar-refractivity contribution in [3.05, 3.63) is 46.4 Å². The van der Waals surface area contributed by atoms with Crippen molar-refractivity contribution in [2.24, 2.45) is 13.0 Å². The second-order valence-electron chi connectivity index (χ2n) is 7.08. The molecule has 2 aromatic heterocycles. The summed E-state index contributed by atoms with van der Waals surface area (Å²) in [5.41, 5.74) is 1.94. The van der Waals surface area contributed by atoms with Crippen LogP contribution in [0.25, 0.3) is 11.4 Å². The number of hydrogen-bond acceptors (Lipinski definition) is 6. The van der Waals surface area contributed by atoms with Gasteiger partial charge in [0.2, 0.25) is 5.16 Å². The molecule has 1 aliphatic rings. The summed E-state index contributed by atoms with van der Waals surface area (Å²) < 4.78 is 10.7. The summed E-state index contributed by atoms with van der Waals surface area (Å²) in [6.07, 6.45) is 2.22. The minimum absolute atomic E-state index is 0.144. The molecule has 0 bridgehead atoms. The number of rotatable bonds is 5. The summed E-state index contributed by atoms with van der Waals surface area (Å²) in [6, 6.07) is 9.57. The van der Waals surface area contributed by atoms with E-state index in [-0.39, 0.29) is 5.56 Å². The summed E-state index contributed by atoms with van der Waals surface area (Å²) in [5, 5.41) is 13.1. The van der Waals surface area contributed by atoms with E-state index in [4.69, 9.17) is 4.74 Å². The first-order chi connectivity index (χ1) is 13.6. The largest absolute Gasteiger partial charge is 0.381 e. The molecular formula is C19H24N6O2S. The molecule has 2 atom stereocenters. The van der Waals surface area contributed by atoms with Crippen molar-refractivity contribution < 1.29 is 4.74 Å². The first-order valence-electron chi connectivity index (χ1n) is 9.45. The van der Waals surface area contributed by atoms with Gasteiger partial charge in [-0.2, -0.15) is 4.68 Å². The number of hydrogen-bond donors (Lipinski definition) is 0. The van der Waals surface area contributed by atoms with Crippen LogP contribution in [0.4, 0.5) is 0 Å². The standard InChI is InChI=1S/C19H24N6O2S/c1-13-17(18(26)25(23(13)3)16-9-5-4-6-10-16)24-19(20-21-22-24)28-14(2)15-8-7-11-27-12-15/h4-6,9-10,14-15H,7-8,11-12H2,1-3H3. The van der Waals surface area contributed by atoms with Crippen LogP contribution in [-0.2, 0) is 11.8 Å². The highest BCUT2D eigenvalue weighted by atomic mass is 32.2. The van der Waals surface area contributed by atoms with Crippen LogP contribution in [0.3, 0.4) is 0 Å². The van der Waals surface area contributed by atoms with E-state index in [1.807, 2.05) is 49.0 Å². The second-order valence-corrected chi connectivity index (χ2v) is 8.43. The molecule has 0 radical (unpaired) electrons. The quantitative estimate of drug-likeness (QED) is 0.612. The van der Waals surface area contributed by atoms with Crippen LogP contribution >= 0.6 is 11.8 Å². The maximum atomic E-state index is 13.2. The van der Waals surface area contributed by atoms with Crippen molar-refractivity contribution in [1.82, 2.24) is 29.6 Å². The molecule has 3 aromatic rings. The molecule has 0 spiro atoms. The van der Waals surface area contributed by atoms with Crippen LogP contribution in [0.1, 0.15) is 25.5 Å². The van der Waals surface area contributed by atoms with E-state index in [0.717, 1.165) is 37.4 Å². The van der Waals surface area contributed by atoms with E-state index in [2.05, 4.69) is 22.4 Å². The number of benzene rings is 1. The lowest BCUT2D eigenvalue weighted by molar-refractivity contribution is 0.0555. The second kappa shape index (κ2) is 7.92. The van der Waals surface area contributed by atoms with Crippen molar-refractivity contribution in [2.75, 3.05) is 13.2 Å². The Kier molecular flexibility index (Phi) is 5.36. The zero-order valence-corrected chi connectivity index (χ0v) is 17.1. The van der Waals surface area contributed by atoms with Gasteiger partial charge in [-0.3, -0.25) is 9.48 Å².